The van der Waals surface area contributed by atoms with E-state index in [-0.39, 0.29) is 17.9 Å². The molecule has 5 atom stereocenters. The molecule has 0 aliphatic carbocycles. The summed E-state index contributed by atoms with van der Waals surface area (Å²) >= 11 is 16.8. The molecule has 0 saturated carbocycles. The molecule has 1 fully saturated rings. The number of halogens is 3. The van der Waals surface area contributed by atoms with Crippen LogP contribution in [0.3, 0.4) is 0 Å². The van der Waals surface area contributed by atoms with Crippen molar-refractivity contribution in [3.63, 3.8) is 0 Å². The van der Waals surface area contributed by atoms with Gasteiger partial charge >= 0.3 is 0 Å². The molecule has 1 rings (SSSR count). The van der Waals surface area contributed by atoms with E-state index in [4.69, 9.17) is 55.2 Å². The van der Waals surface area contributed by atoms with Crippen molar-refractivity contribution in [2.24, 2.45) is 17.0 Å². The molecule has 1 N–H and O–H groups in total. The SMILES string of the molecule is CC[C@@H]1O[C@H](OC(=N)C(Cl)(Cl)Cl)C(N=[N+]=[N-])[C@@H](C)[C@@H]1C. The molecule has 114 valence electrons. The van der Waals surface area contributed by atoms with Crippen LogP contribution in [0.4, 0.5) is 0 Å². The van der Waals surface area contributed by atoms with Crippen LogP contribution in [-0.2, 0) is 9.47 Å². The molecule has 1 unspecified atom stereocenters. The summed E-state index contributed by atoms with van der Waals surface area (Å²) in [5.74, 6) is -0.336. The normalized spacial score (nSPS) is 34.2. The van der Waals surface area contributed by atoms with Gasteiger partial charge in [-0.1, -0.05) is 60.7 Å². The van der Waals surface area contributed by atoms with Gasteiger partial charge in [-0.15, -0.1) is 0 Å². The minimum Gasteiger partial charge on any atom is -0.448 e. The van der Waals surface area contributed by atoms with E-state index in [2.05, 4.69) is 10.0 Å². The number of hydrogen-bond acceptors (Lipinski definition) is 4. The van der Waals surface area contributed by atoms with Gasteiger partial charge in [0.1, 0.15) is 6.04 Å². The number of ether oxygens (including phenoxy) is 2. The van der Waals surface area contributed by atoms with Crippen LogP contribution in [0, 0.1) is 17.2 Å². The maximum atomic E-state index is 8.67. The van der Waals surface area contributed by atoms with E-state index in [1.807, 2.05) is 20.8 Å². The van der Waals surface area contributed by atoms with Crippen LogP contribution in [0.1, 0.15) is 27.2 Å². The summed E-state index contributed by atoms with van der Waals surface area (Å²) < 4.78 is 9.04. The standard InChI is InChI=1S/C11H17Cl3N4O2/c1-4-7-5(2)6(3)8(17-18-16)9(19-7)20-10(15)11(12,13)14/h5-9,15H,4H2,1-3H3/t5-,6-,7-,8?,9+/m0/s1. The van der Waals surface area contributed by atoms with Crippen LogP contribution >= 0.6 is 34.8 Å². The predicted octanol–water partition coefficient (Wildman–Crippen LogP) is 4.44. The van der Waals surface area contributed by atoms with Crippen molar-refractivity contribution in [3.8, 4) is 0 Å². The van der Waals surface area contributed by atoms with Crippen molar-refractivity contribution in [2.75, 3.05) is 0 Å². The predicted molar refractivity (Wildman–Crippen MR) is 79.3 cm³/mol. The first-order valence-corrected chi connectivity index (χ1v) is 7.37. The number of hydrogen-bond donors (Lipinski definition) is 1. The van der Waals surface area contributed by atoms with Crippen LogP contribution in [0.2, 0.25) is 0 Å². The highest BCUT2D eigenvalue weighted by atomic mass is 35.6. The molecule has 20 heavy (non-hydrogen) atoms. The lowest BCUT2D eigenvalue weighted by atomic mass is 9.81. The van der Waals surface area contributed by atoms with Crippen LogP contribution in [0.5, 0.6) is 0 Å². The second-order valence-corrected chi connectivity index (χ2v) is 7.09. The molecule has 0 amide bonds. The van der Waals surface area contributed by atoms with Crippen molar-refractivity contribution >= 4 is 40.7 Å². The molecule has 0 radical (unpaired) electrons. The molecule has 6 nitrogen and oxygen atoms in total. The Bertz CT molecular complexity index is 409. The van der Waals surface area contributed by atoms with Crippen LogP contribution < -0.4 is 0 Å². The minimum atomic E-state index is -1.97. The van der Waals surface area contributed by atoms with Crippen molar-refractivity contribution in [3.05, 3.63) is 10.4 Å². The second-order valence-electron chi connectivity index (χ2n) is 4.81. The average Bonchev–Trinajstić information content (AvgIpc) is 2.36. The molecule has 0 aromatic heterocycles. The molecule has 0 aromatic carbocycles. The van der Waals surface area contributed by atoms with Gasteiger partial charge in [0.15, 0.2) is 0 Å². The van der Waals surface area contributed by atoms with Gasteiger partial charge < -0.3 is 9.47 Å². The van der Waals surface area contributed by atoms with Crippen molar-refractivity contribution in [2.45, 2.75) is 49.4 Å². The van der Waals surface area contributed by atoms with Crippen LogP contribution in [0.15, 0.2) is 5.11 Å². The van der Waals surface area contributed by atoms with Crippen LogP contribution in [0.25, 0.3) is 10.4 Å². The molecular formula is C11H17Cl3N4O2. The fourth-order valence-electron chi connectivity index (χ4n) is 2.24. The zero-order valence-electron chi connectivity index (χ0n) is 11.4. The quantitative estimate of drug-likeness (QED) is 0.205. The molecule has 1 aliphatic rings. The molecule has 9 heteroatoms. The van der Waals surface area contributed by atoms with Crippen LogP contribution in [-0.4, -0.2) is 28.1 Å². The van der Waals surface area contributed by atoms with E-state index < -0.39 is 22.0 Å². The maximum Gasteiger partial charge on any atom is 0.265 e. The Morgan fingerprint density at radius 1 is 1.40 bits per heavy atom. The number of azide groups is 1. The van der Waals surface area contributed by atoms with Gasteiger partial charge in [-0.3, -0.25) is 5.41 Å². The van der Waals surface area contributed by atoms with E-state index in [1.54, 1.807) is 0 Å². The van der Waals surface area contributed by atoms with E-state index in [9.17, 15) is 0 Å². The largest absolute Gasteiger partial charge is 0.448 e. The second kappa shape index (κ2) is 7.05. The first-order chi connectivity index (χ1) is 9.22. The molecule has 1 heterocycles. The van der Waals surface area contributed by atoms with Crippen molar-refractivity contribution < 1.29 is 9.47 Å². The van der Waals surface area contributed by atoms with Gasteiger partial charge in [0, 0.05) is 4.91 Å². The Labute approximate surface area is 132 Å². The summed E-state index contributed by atoms with van der Waals surface area (Å²) in [4.78, 5) is 2.81. The first-order valence-electron chi connectivity index (χ1n) is 6.24. The lowest BCUT2D eigenvalue weighted by Crippen LogP contribution is -2.50. The highest BCUT2D eigenvalue weighted by Gasteiger charge is 2.43. The van der Waals surface area contributed by atoms with Crippen molar-refractivity contribution in [1.82, 2.24) is 0 Å². The topological polar surface area (TPSA) is 91.1 Å². The summed E-state index contributed by atoms with van der Waals surface area (Å²) in [6.07, 6.45) is -0.219. The maximum absolute atomic E-state index is 8.67. The average molecular weight is 344 g/mol. The first kappa shape index (κ1) is 17.7. The Balaban J connectivity index is 2.94. The Hall–Kier alpha value is -0.390. The summed E-state index contributed by atoms with van der Waals surface area (Å²) in [5, 5.41) is 11.3. The molecule has 0 aromatic rings. The lowest BCUT2D eigenvalue weighted by Gasteiger charge is -2.42. The van der Waals surface area contributed by atoms with Gasteiger partial charge in [-0.25, -0.2) is 0 Å². The minimum absolute atomic E-state index is 0.0257. The van der Waals surface area contributed by atoms with Gasteiger partial charge in [0.2, 0.25) is 12.2 Å². The van der Waals surface area contributed by atoms with E-state index in [1.165, 1.54) is 0 Å². The highest BCUT2D eigenvalue weighted by molar-refractivity contribution is 6.76. The third kappa shape index (κ3) is 4.06. The third-order valence-corrected chi connectivity index (χ3v) is 4.14. The number of nitrogens with zero attached hydrogens (tertiary/aromatic N) is 3. The number of rotatable bonds is 3. The molecule has 0 bridgehead atoms. The number of nitrogens with one attached hydrogen (secondary N) is 1. The molecule has 1 aliphatic heterocycles. The molecular weight excluding hydrogens is 327 g/mol. The lowest BCUT2D eigenvalue weighted by molar-refractivity contribution is -0.199. The van der Waals surface area contributed by atoms with Gasteiger partial charge in [-0.2, -0.15) is 0 Å². The van der Waals surface area contributed by atoms with E-state index >= 15 is 0 Å². The monoisotopic (exact) mass is 342 g/mol. The number of alkyl halides is 3. The van der Waals surface area contributed by atoms with E-state index in [0.717, 1.165) is 6.42 Å². The summed E-state index contributed by atoms with van der Waals surface area (Å²) in [6.45, 7) is 5.96. The zero-order valence-corrected chi connectivity index (χ0v) is 13.7. The Kier molecular flexibility index (Phi) is 6.23. The Morgan fingerprint density at radius 3 is 2.45 bits per heavy atom. The van der Waals surface area contributed by atoms with E-state index in [0.29, 0.717) is 0 Å². The molecule has 1 saturated heterocycles. The third-order valence-electron chi connectivity index (χ3n) is 3.62. The summed E-state index contributed by atoms with van der Waals surface area (Å²) in [6, 6.07) is -0.578. The van der Waals surface area contributed by atoms with Gasteiger partial charge in [0.05, 0.1) is 6.10 Å². The molecule has 0 spiro atoms. The summed E-state index contributed by atoms with van der Waals surface area (Å²) in [5.41, 5.74) is 8.67. The Morgan fingerprint density at radius 2 is 2.00 bits per heavy atom. The smallest absolute Gasteiger partial charge is 0.265 e. The van der Waals surface area contributed by atoms with Gasteiger partial charge in [-0.05, 0) is 23.8 Å². The summed E-state index contributed by atoms with van der Waals surface area (Å²) in [7, 11) is 0. The zero-order chi connectivity index (χ0) is 15.5. The highest BCUT2D eigenvalue weighted by Crippen LogP contribution is 2.36. The fourth-order valence-corrected chi connectivity index (χ4v) is 2.38. The fraction of sp³-hybridized carbons (Fsp3) is 0.909. The van der Waals surface area contributed by atoms with Crippen molar-refractivity contribution in [1.29, 1.82) is 5.41 Å². The van der Waals surface area contributed by atoms with Gasteiger partial charge in [0.25, 0.3) is 3.79 Å².